The topological polar surface area (TPSA) is 54.5 Å². The van der Waals surface area contributed by atoms with Crippen LogP contribution < -0.4 is 0 Å². The molecule has 1 saturated carbocycles. The van der Waals surface area contributed by atoms with Crippen LogP contribution in [-0.4, -0.2) is 36.8 Å². The second-order valence-corrected chi connectivity index (χ2v) is 8.58. The number of nitrogens with zero attached hydrogens (tertiary/aromatic N) is 1. The predicted molar refractivity (Wildman–Crippen MR) is 88.2 cm³/mol. The Hall–Kier alpha value is -1.36. The van der Waals surface area contributed by atoms with Gasteiger partial charge in [0.1, 0.15) is 5.25 Å². The van der Waals surface area contributed by atoms with Crippen molar-refractivity contribution in [2.24, 2.45) is 0 Å². The summed E-state index contributed by atoms with van der Waals surface area (Å²) in [6, 6.07) is 9.95. The van der Waals surface area contributed by atoms with E-state index in [1.54, 1.807) is 4.90 Å². The van der Waals surface area contributed by atoms with Gasteiger partial charge in [-0.15, -0.1) is 0 Å². The van der Waals surface area contributed by atoms with E-state index in [9.17, 15) is 13.2 Å². The lowest BCUT2D eigenvalue weighted by atomic mass is 9.93. The van der Waals surface area contributed by atoms with Gasteiger partial charge >= 0.3 is 0 Å². The maximum Gasteiger partial charge on any atom is 0.241 e. The molecule has 1 aliphatic carbocycles. The molecule has 1 amide bonds. The molecular weight excluding hydrogens is 298 g/mol. The molecule has 0 N–H and O–H groups in total. The molecule has 1 aliphatic rings. The van der Waals surface area contributed by atoms with Gasteiger partial charge < -0.3 is 4.90 Å². The van der Waals surface area contributed by atoms with Gasteiger partial charge in [0.15, 0.2) is 9.84 Å². The van der Waals surface area contributed by atoms with Gasteiger partial charge in [0.05, 0.1) is 0 Å². The molecule has 0 radical (unpaired) electrons. The summed E-state index contributed by atoms with van der Waals surface area (Å²) in [4.78, 5) is 14.5. The van der Waals surface area contributed by atoms with Crippen LogP contribution in [0.5, 0.6) is 0 Å². The minimum Gasteiger partial charge on any atom is -0.334 e. The van der Waals surface area contributed by atoms with Crippen LogP contribution in [0, 0.1) is 0 Å². The molecule has 0 heterocycles. The second-order valence-electron chi connectivity index (χ2n) is 6.22. The Bertz CT molecular complexity index is 592. The monoisotopic (exact) mass is 323 g/mol. The zero-order valence-electron chi connectivity index (χ0n) is 13.4. The number of rotatable bonds is 5. The highest BCUT2D eigenvalue weighted by Crippen LogP contribution is 2.25. The maximum absolute atomic E-state index is 12.7. The van der Waals surface area contributed by atoms with Crippen LogP contribution in [0.2, 0.25) is 0 Å². The van der Waals surface area contributed by atoms with Crippen LogP contribution in [0.3, 0.4) is 0 Å². The molecule has 1 atom stereocenters. The highest BCUT2D eigenvalue weighted by atomic mass is 32.2. The number of hydrogen-bond acceptors (Lipinski definition) is 3. The van der Waals surface area contributed by atoms with Crippen LogP contribution in [0.4, 0.5) is 0 Å². The third-order valence-corrected chi connectivity index (χ3v) is 5.97. The molecule has 5 heteroatoms. The molecule has 0 aromatic heterocycles. The van der Waals surface area contributed by atoms with Gasteiger partial charge in [-0.3, -0.25) is 4.79 Å². The van der Waals surface area contributed by atoms with E-state index in [1.807, 2.05) is 30.3 Å². The molecule has 22 heavy (non-hydrogen) atoms. The van der Waals surface area contributed by atoms with E-state index < -0.39 is 15.1 Å². The number of carbonyl (C=O) groups is 1. The first-order valence-electron chi connectivity index (χ1n) is 7.93. The van der Waals surface area contributed by atoms with Crippen molar-refractivity contribution < 1.29 is 13.2 Å². The van der Waals surface area contributed by atoms with Crippen molar-refractivity contribution >= 4 is 15.7 Å². The normalized spacial score (nSPS) is 17.9. The minimum atomic E-state index is -3.37. The summed E-state index contributed by atoms with van der Waals surface area (Å²) in [5.74, 6) is -0.266. The highest BCUT2D eigenvalue weighted by molar-refractivity contribution is 7.92. The van der Waals surface area contributed by atoms with Crippen molar-refractivity contribution in [1.82, 2.24) is 4.90 Å². The third kappa shape index (κ3) is 4.32. The van der Waals surface area contributed by atoms with Crippen molar-refractivity contribution in [1.29, 1.82) is 0 Å². The number of amides is 1. The SMILES string of the molecule is C[C@@H](C(=O)N(Cc1ccccc1)C1CCCCC1)S(C)(=O)=O. The van der Waals surface area contributed by atoms with E-state index in [2.05, 4.69) is 0 Å². The van der Waals surface area contributed by atoms with Gasteiger partial charge in [0.25, 0.3) is 0 Å². The highest BCUT2D eigenvalue weighted by Gasteiger charge is 2.33. The first kappa shape index (κ1) is 17.0. The summed E-state index contributed by atoms with van der Waals surface area (Å²) < 4.78 is 23.5. The minimum absolute atomic E-state index is 0.158. The van der Waals surface area contributed by atoms with Crippen LogP contribution in [0.15, 0.2) is 30.3 Å². The molecule has 0 saturated heterocycles. The van der Waals surface area contributed by atoms with Gasteiger partial charge in [-0.2, -0.15) is 0 Å². The summed E-state index contributed by atoms with van der Waals surface area (Å²) in [7, 11) is -3.37. The van der Waals surface area contributed by atoms with E-state index >= 15 is 0 Å². The summed E-state index contributed by atoms with van der Waals surface area (Å²) in [5, 5.41) is -0.974. The Morgan fingerprint density at radius 1 is 1.18 bits per heavy atom. The molecule has 4 nitrogen and oxygen atoms in total. The molecule has 0 aliphatic heterocycles. The second kappa shape index (κ2) is 7.27. The van der Waals surface area contributed by atoms with Crippen LogP contribution >= 0.6 is 0 Å². The van der Waals surface area contributed by atoms with Gasteiger partial charge in [-0.1, -0.05) is 49.6 Å². The first-order valence-corrected chi connectivity index (χ1v) is 9.88. The van der Waals surface area contributed by atoms with E-state index in [0.717, 1.165) is 37.5 Å². The maximum atomic E-state index is 12.7. The quantitative estimate of drug-likeness (QED) is 0.837. The van der Waals surface area contributed by atoms with Crippen molar-refractivity contribution in [3.63, 3.8) is 0 Å². The number of hydrogen-bond donors (Lipinski definition) is 0. The van der Waals surface area contributed by atoms with E-state index in [-0.39, 0.29) is 11.9 Å². The smallest absolute Gasteiger partial charge is 0.241 e. The van der Waals surface area contributed by atoms with Gasteiger partial charge in [-0.25, -0.2) is 8.42 Å². The van der Waals surface area contributed by atoms with E-state index in [1.165, 1.54) is 13.3 Å². The largest absolute Gasteiger partial charge is 0.334 e. The molecule has 1 aromatic carbocycles. The molecule has 0 spiro atoms. The number of sulfone groups is 1. The summed E-state index contributed by atoms with van der Waals surface area (Å²) >= 11 is 0. The number of benzene rings is 1. The third-order valence-electron chi connectivity index (χ3n) is 4.48. The average Bonchev–Trinajstić information content (AvgIpc) is 2.52. The summed E-state index contributed by atoms with van der Waals surface area (Å²) in [5.41, 5.74) is 1.04. The van der Waals surface area contributed by atoms with E-state index in [4.69, 9.17) is 0 Å². The Kier molecular flexibility index (Phi) is 5.62. The molecule has 0 unspecified atom stereocenters. The lowest BCUT2D eigenvalue weighted by molar-refractivity contribution is -0.134. The van der Waals surface area contributed by atoms with E-state index in [0.29, 0.717) is 6.54 Å². The van der Waals surface area contributed by atoms with Crippen molar-refractivity contribution in [3.8, 4) is 0 Å². The van der Waals surface area contributed by atoms with Gasteiger partial charge in [0, 0.05) is 18.8 Å². The van der Waals surface area contributed by atoms with Crippen LogP contribution in [0.1, 0.15) is 44.6 Å². The van der Waals surface area contributed by atoms with Gasteiger partial charge in [-0.05, 0) is 25.3 Å². The molecular formula is C17H25NO3S. The fraction of sp³-hybridized carbons (Fsp3) is 0.588. The summed E-state index contributed by atoms with van der Waals surface area (Å²) in [6.45, 7) is 1.99. The van der Waals surface area contributed by atoms with Crippen molar-refractivity contribution in [2.45, 2.75) is 56.9 Å². The van der Waals surface area contributed by atoms with Crippen molar-refractivity contribution in [2.75, 3.05) is 6.26 Å². The van der Waals surface area contributed by atoms with Crippen molar-refractivity contribution in [3.05, 3.63) is 35.9 Å². The van der Waals surface area contributed by atoms with Crippen LogP contribution in [-0.2, 0) is 21.2 Å². The lowest BCUT2D eigenvalue weighted by Crippen LogP contribution is -2.47. The molecule has 122 valence electrons. The molecule has 1 aromatic rings. The predicted octanol–water partition coefficient (Wildman–Crippen LogP) is 2.78. The van der Waals surface area contributed by atoms with Crippen LogP contribution in [0.25, 0.3) is 0 Å². The van der Waals surface area contributed by atoms with Gasteiger partial charge in [0.2, 0.25) is 5.91 Å². The Labute approximate surface area is 133 Å². The Morgan fingerprint density at radius 2 is 1.77 bits per heavy atom. The molecule has 1 fully saturated rings. The fourth-order valence-electron chi connectivity index (χ4n) is 2.98. The first-order chi connectivity index (χ1) is 10.4. The fourth-order valence-corrected chi connectivity index (χ4v) is 3.48. The Morgan fingerprint density at radius 3 is 2.32 bits per heavy atom. The standard InChI is InChI=1S/C17H25NO3S/c1-14(22(2,20)21)17(19)18(16-11-7-4-8-12-16)13-15-9-5-3-6-10-15/h3,5-6,9-10,14,16H,4,7-8,11-13H2,1-2H3/t14-/m0/s1. The lowest BCUT2D eigenvalue weighted by Gasteiger charge is -2.35. The molecule has 0 bridgehead atoms. The zero-order chi connectivity index (χ0) is 16.2. The Balaban J connectivity index is 2.22. The zero-order valence-corrected chi connectivity index (χ0v) is 14.2. The average molecular weight is 323 g/mol. The number of carbonyl (C=O) groups excluding carboxylic acids is 1. The summed E-state index contributed by atoms with van der Waals surface area (Å²) in [6.07, 6.45) is 6.49. The molecule has 2 rings (SSSR count).